The van der Waals surface area contributed by atoms with Gasteiger partial charge in [-0.1, -0.05) is 89.7 Å². The van der Waals surface area contributed by atoms with Crippen LogP contribution in [-0.4, -0.2) is 42.8 Å². The highest BCUT2D eigenvalue weighted by atomic mass is 32.2. The number of methoxy groups -OCH3 is 1. The summed E-state index contributed by atoms with van der Waals surface area (Å²) in [5.41, 5.74) is 17.7. The van der Waals surface area contributed by atoms with Gasteiger partial charge < -0.3 is 19.3 Å². The van der Waals surface area contributed by atoms with E-state index in [4.69, 9.17) is 29.8 Å². The summed E-state index contributed by atoms with van der Waals surface area (Å²) in [6, 6.07) is 40.4. The first-order chi connectivity index (χ1) is 26.0. The van der Waals surface area contributed by atoms with E-state index in [1.54, 1.807) is 31.0 Å². The lowest BCUT2D eigenvalue weighted by atomic mass is 9.81. The van der Waals surface area contributed by atoms with E-state index in [0.717, 1.165) is 26.5 Å². The highest BCUT2D eigenvalue weighted by molar-refractivity contribution is 7.99. The van der Waals surface area contributed by atoms with Crippen molar-refractivity contribution in [3.05, 3.63) is 166 Å². The van der Waals surface area contributed by atoms with E-state index >= 15 is 0 Å². The number of aliphatic hydroxyl groups is 1. The highest BCUT2D eigenvalue weighted by Crippen LogP contribution is 2.44. The fourth-order valence-corrected chi connectivity index (χ4v) is 7.03. The Morgan fingerprint density at radius 2 is 1.66 bits per heavy atom. The van der Waals surface area contributed by atoms with Crippen molar-refractivity contribution in [2.24, 2.45) is 10.1 Å². The average molecular weight is 729 g/mol. The predicted octanol–water partition coefficient (Wildman–Crippen LogP) is 7.74. The van der Waals surface area contributed by atoms with Crippen LogP contribution in [0, 0.1) is 0 Å². The number of aliphatic hydroxyl groups excluding tert-OH is 1. The lowest BCUT2D eigenvalue weighted by molar-refractivity contribution is -0.130. The van der Waals surface area contributed by atoms with Gasteiger partial charge in [-0.05, 0) is 82.4 Å². The van der Waals surface area contributed by atoms with Crippen molar-refractivity contribution in [2.45, 2.75) is 47.4 Å². The monoisotopic (exact) mass is 728 g/mol. The molecule has 3 N–H and O–H groups in total. The van der Waals surface area contributed by atoms with Crippen molar-refractivity contribution >= 4 is 23.6 Å². The summed E-state index contributed by atoms with van der Waals surface area (Å²) in [6.07, 6.45) is -0.223. The minimum Gasteiger partial charge on any atom is -0.497 e. The van der Waals surface area contributed by atoms with E-state index in [1.165, 1.54) is 0 Å². The quantitative estimate of drug-likeness (QED) is 0.0292. The maximum atomic E-state index is 14.9. The van der Waals surface area contributed by atoms with E-state index in [9.17, 15) is 4.79 Å². The highest BCUT2D eigenvalue weighted by Gasteiger charge is 2.53. The van der Waals surface area contributed by atoms with Crippen molar-refractivity contribution in [3.63, 3.8) is 0 Å². The summed E-state index contributed by atoms with van der Waals surface area (Å²) in [6.45, 7) is 0.881. The van der Waals surface area contributed by atoms with Crippen LogP contribution in [0.25, 0.3) is 10.4 Å². The van der Waals surface area contributed by atoms with Crippen molar-refractivity contribution in [2.75, 3.05) is 20.3 Å². The van der Waals surface area contributed by atoms with Crippen LogP contribution < -0.4 is 20.3 Å². The van der Waals surface area contributed by atoms with Gasteiger partial charge in [0.25, 0.3) is 5.91 Å². The Kier molecular flexibility index (Phi) is 12.6. The molecule has 0 unspecified atom stereocenters. The van der Waals surface area contributed by atoms with Crippen molar-refractivity contribution in [1.29, 1.82) is 0 Å². The molecule has 5 aromatic carbocycles. The number of amides is 1. The Bertz CT molecular complexity index is 2070. The molecule has 1 heterocycles. The molecule has 1 amide bonds. The topological polar surface area (TPSA) is 150 Å². The van der Waals surface area contributed by atoms with Gasteiger partial charge in [0.15, 0.2) is 11.6 Å². The lowest BCUT2D eigenvalue weighted by Crippen LogP contribution is -2.53. The van der Waals surface area contributed by atoms with Gasteiger partial charge in [0.1, 0.15) is 11.5 Å². The molecule has 0 spiro atoms. The Morgan fingerprint density at radius 3 is 2.42 bits per heavy atom. The molecule has 0 saturated heterocycles. The zero-order chi connectivity index (χ0) is 36.9. The molecule has 6 rings (SSSR count). The Labute approximate surface area is 312 Å². The van der Waals surface area contributed by atoms with Gasteiger partial charge in [-0.25, -0.2) is 10.4 Å². The van der Waals surface area contributed by atoms with Crippen LogP contribution in [0.15, 0.2) is 147 Å². The molecule has 0 bridgehead atoms. The van der Waals surface area contributed by atoms with Gasteiger partial charge in [0.2, 0.25) is 5.90 Å². The molecule has 53 heavy (non-hydrogen) atoms. The minimum absolute atomic E-state index is 0.0402. The summed E-state index contributed by atoms with van der Waals surface area (Å²) < 4.78 is 18.0. The smallest absolute Gasteiger partial charge is 0.266 e. The number of rotatable bonds is 17. The number of hydrazine groups is 1. The van der Waals surface area contributed by atoms with Gasteiger partial charge in [-0.3, -0.25) is 10.2 Å². The van der Waals surface area contributed by atoms with Crippen molar-refractivity contribution in [1.82, 2.24) is 10.9 Å². The molecule has 0 fully saturated rings. The molecular formula is C41H40N6O5S. The number of carbonyl (C=O) groups is 1. The third-order valence-corrected chi connectivity index (χ3v) is 9.86. The number of carbonyl (C=O) groups excluding carboxylic acids is 1. The van der Waals surface area contributed by atoms with Crippen LogP contribution in [0.3, 0.4) is 0 Å². The fraction of sp³-hybridized carbons (Fsp3) is 0.220. The second-order valence-electron chi connectivity index (χ2n) is 12.2. The zero-order valence-corrected chi connectivity index (χ0v) is 30.0. The van der Waals surface area contributed by atoms with Gasteiger partial charge in [0.05, 0.1) is 20.3 Å². The molecule has 1 aliphatic heterocycles. The first-order valence-corrected chi connectivity index (χ1v) is 18.0. The number of hydrogen-bond acceptors (Lipinski definition) is 9. The summed E-state index contributed by atoms with van der Waals surface area (Å²) in [5, 5.41) is 13.0. The number of aliphatic imine (C=N–C) groups is 1. The lowest BCUT2D eigenvalue weighted by Gasteiger charge is -2.31. The van der Waals surface area contributed by atoms with Gasteiger partial charge >= 0.3 is 0 Å². The maximum absolute atomic E-state index is 14.9. The molecular weight excluding hydrogens is 689 g/mol. The first-order valence-electron chi connectivity index (χ1n) is 17.2. The van der Waals surface area contributed by atoms with E-state index < -0.39 is 17.6 Å². The Hall–Kier alpha value is -5.78. The largest absolute Gasteiger partial charge is 0.497 e. The number of hydrogen-bond donors (Lipinski definition) is 3. The van der Waals surface area contributed by atoms with E-state index in [2.05, 4.69) is 39.1 Å². The molecule has 12 heteroatoms. The summed E-state index contributed by atoms with van der Waals surface area (Å²) >= 11 is 1.65. The Morgan fingerprint density at radius 1 is 0.925 bits per heavy atom. The average Bonchev–Trinajstić information content (AvgIpc) is 3.59. The number of azide groups is 1. The molecule has 0 aliphatic carbocycles. The van der Waals surface area contributed by atoms with Crippen LogP contribution in [0.1, 0.15) is 40.3 Å². The van der Waals surface area contributed by atoms with Gasteiger partial charge in [0, 0.05) is 46.3 Å². The second kappa shape index (κ2) is 18.1. The summed E-state index contributed by atoms with van der Waals surface area (Å²) in [4.78, 5) is 25.1. The minimum atomic E-state index is -1.52. The van der Waals surface area contributed by atoms with Crippen LogP contribution in [-0.2, 0) is 29.0 Å². The molecule has 0 aromatic heterocycles. The first kappa shape index (κ1) is 37.0. The molecule has 5 aromatic rings. The number of nitrogens with zero attached hydrogens (tertiary/aromatic N) is 4. The predicted molar refractivity (Wildman–Crippen MR) is 205 cm³/mol. The van der Waals surface area contributed by atoms with Gasteiger partial charge in [-0.2, -0.15) is 0 Å². The van der Waals surface area contributed by atoms with Crippen molar-refractivity contribution in [3.8, 4) is 11.5 Å². The third-order valence-electron chi connectivity index (χ3n) is 8.73. The van der Waals surface area contributed by atoms with E-state index in [-0.39, 0.29) is 25.5 Å². The number of ether oxygens (including phenoxy) is 3. The standard InChI is InChI=1S/C41H40N6O5S/c1-50-35-15-9-14-30(25-35)38-41(26-31-11-5-6-12-32(31)27-44-47-42,45-39(52-38)29-19-21-34(22-20-29)51-24-10-23-48)40(49)46-43-28-33-13-7-8-18-37(33)53-36-16-3-2-4-17-36/h2-9,11-22,25,38,43,48H,10,23-24,26-28H2,1H3,(H,46,49)/t38-,41-/m0/s1. The Balaban J connectivity index is 1.37. The molecule has 11 nitrogen and oxygen atoms in total. The normalized spacial score (nSPS) is 16.2. The molecule has 0 saturated carbocycles. The summed E-state index contributed by atoms with van der Waals surface area (Å²) in [5.74, 6) is 1.12. The van der Waals surface area contributed by atoms with Crippen molar-refractivity contribution < 1.29 is 24.1 Å². The van der Waals surface area contributed by atoms with Crippen LogP contribution in [0.4, 0.5) is 0 Å². The second-order valence-corrected chi connectivity index (χ2v) is 13.3. The van der Waals surface area contributed by atoms with Crippen LogP contribution in [0.5, 0.6) is 11.5 Å². The fourth-order valence-electron chi connectivity index (χ4n) is 6.06. The number of benzene rings is 5. The molecule has 0 radical (unpaired) electrons. The molecule has 1 aliphatic rings. The SMILES string of the molecule is COc1cccc([C@@H]2OC(c3ccc(OCCCO)cc3)=N[C@]2(Cc2ccccc2CN=[N+]=[N-])C(=O)NNCc2ccccc2Sc2ccccc2)c1. The van der Waals surface area contributed by atoms with E-state index in [0.29, 0.717) is 42.2 Å². The van der Waals surface area contributed by atoms with Crippen LogP contribution in [0.2, 0.25) is 0 Å². The maximum Gasteiger partial charge on any atom is 0.266 e. The third kappa shape index (κ3) is 9.18. The summed E-state index contributed by atoms with van der Waals surface area (Å²) in [7, 11) is 1.59. The molecule has 2 atom stereocenters. The zero-order valence-electron chi connectivity index (χ0n) is 29.2. The van der Waals surface area contributed by atoms with E-state index in [1.807, 2.05) is 97.1 Å². The molecule has 270 valence electrons. The van der Waals surface area contributed by atoms with Crippen LogP contribution >= 0.6 is 11.8 Å². The van der Waals surface area contributed by atoms with Gasteiger partial charge in [-0.15, -0.1) is 0 Å². The number of nitrogens with one attached hydrogen (secondary N) is 2.